The minimum atomic E-state index is -1.04. The number of carboxylic acids is 1. The van der Waals surface area contributed by atoms with E-state index in [4.69, 9.17) is 0 Å². The fourth-order valence-corrected chi connectivity index (χ4v) is 0.763. The van der Waals surface area contributed by atoms with Gasteiger partial charge in [-0.2, -0.15) is 0 Å². The molecule has 3 heteroatoms. The van der Waals surface area contributed by atoms with Crippen LogP contribution >= 0.6 is 0 Å². The average Bonchev–Trinajstić information content (AvgIpc) is 1.88. The zero-order chi connectivity index (χ0) is 7.40. The standard InChI is InChI=1S/C8H8O2.Li/c9-8(10)6-7-4-2-1-3-5-7;/h1-5H,6H2,(H,9,10);/q;+1/p-1. The van der Waals surface area contributed by atoms with Crippen LogP contribution in [-0.2, 0) is 11.2 Å². The van der Waals surface area contributed by atoms with E-state index in [0.717, 1.165) is 5.56 Å². The molecule has 0 atom stereocenters. The fraction of sp³-hybridized carbons (Fsp3) is 0.125. The zero-order valence-corrected chi connectivity index (χ0v) is 6.41. The van der Waals surface area contributed by atoms with Gasteiger partial charge in [-0.05, 0) is 5.56 Å². The van der Waals surface area contributed by atoms with Crippen LogP contribution in [0.2, 0.25) is 0 Å². The average molecular weight is 142 g/mol. The number of hydrogen-bond acceptors (Lipinski definition) is 2. The number of rotatable bonds is 2. The first-order valence-corrected chi connectivity index (χ1v) is 3.03. The van der Waals surface area contributed by atoms with Crippen LogP contribution in [0.15, 0.2) is 30.3 Å². The molecule has 0 aliphatic rings. The molecule has 11 heavy (non-hydrogen) atoms. The molecule has 0 bridgehead atoms. The maximum atomic E-state index is 10.1. The molecule has 2 nitrogen and oxygen atoms in total. The molecular formula is C8H7LiO2. The number of benzene rings is 1. The van der Waals surface area contributed by atoms with Gasteiger partial charge in [0.2, 0.25) is 0 Å². The van der Waals surface area contributed by atoms with E-state index in [1.165, 1.54) is 0 Å². The second-order valence-corrected chi connectivity index (χ2v) is 2.03. The van der Waals surface area contributed by atoms with Crippen LogP contribution in [-0.4, -0.2) is 5.97 Å². The second kappa shape index (κ2) is 5.01. The Balaban J connectivity index is 0.000001000. The third-order valence-electron chi connectivity index (χ3n) is 1.19. The predicted molar refractivity (Wildman–Crippen MR) is 35.2 cm³/mol. The van der Waals surface area contributed by atoms with E-state index in [-0.39, 0.29) is 25.3 Å². The van der Waals surface area contributed by atoms with Crippen molar-refractivity contribution >= 4 is 5.97 Å². The van der Waals surface area contributed by atoms with Gasteiger partial charge in [-0.15, -0.1) is 0 Å². The summed E-state index contributed by atoms with van der Waals surface area (Å²) in [7, 11) is 0. The summed E-state index contributed by atoms with van der Waals surface area (Å²) in [6.07, 6.45) is 0.000833. The Hall–Kier alpha value is -0.713. The summed E-state index contributed by atoms with van der Waals surface area (Å²) in [5, 5.41) is 10.1. The van der Waals surface area contributed by atoms with Crippen molar-refractivity contribution in [1.82, 2.24) is 0 Å². The summed E-state index contributed by atoms with van der Waals surface area (Å²) in [4.78, 5) is 10.1. The third-order valence-corrected chi connectivity index (χ3v) is 1.19. The Morgan fingerprint density at radius 2 is 1.82 bits per heavy atom. The first-order valence-electron chi connectivity index (χ1n) is 3.03. The Labute approximate surface area is 77.4 Å². The number of carbonyl (C=O) groups is 1. The molecule has 1 aromatic carbocycles. The molecule has 0 heterocycles. The van der Waals surface area contributed by atoms with Crippen molar-refractivity contribution in [2.75, 3.05) is 0 Å². The van der Waals surface area contributed by atoms with Crippen LogP contribution in [0.1, 0.15) is 5.56 Å². The Bertz CT molecular complexity index is 221. The summed E-state index contributed by atoms with van der Waals surface area (Å²) < 4.78 is 0. The van der Waals surface area contributed by atoms with Crippen molar-refractivity contribution in [2.45, 2.75) is 6.42 Å². The van der Waals surface area contributed by atoms with Gasteiger partial charge in [0.1, 0.15) is 0 Å². The van der Waals surface area contributed by atoms with Crippen molar-refractivity contribution < 1.29 is 28.8 Å². The quantitative estimate of drug-likeness (QED) is 0.412. The van der Waals surface area contributed by atoms with E-state index in [0.29, 0.717) is 0 Å². The molecule has 0 saturated heterocycles. The number of hydrogen-bond donors (Lipinski definition) is 0. The SMILES string of the molecule is O=C([O-])Cc1ccccc1.[Li+]. The molecule has 0 fully saturated rings. The molecule has 0 radical (unpaired) electrons. The van der Waals surface area contributed by atoms with E-state index in [1.807, 2.05) is 6.07 Å². The molecule has 1 aromatic rings. The summed E-state index contributed by atoms with van der Waals surface area (Å²) in [6.45, 7) is 0. The van der Waals surface area contributed by atoms with Gasteiger partial charge >= 0.3 is 18.9 Å². The number of carboxylic acid groups (broad SMARTS) is 1. The molecular weight excluding hydrogens is 135 g/mol. The molecule has 0 N–H and O–H groups in total. The molecule has 52 valence electrons. The van der Waals surface area contributed by atoms with Crippen LogP contribution in [0, 0.1) is 0 Å². The Morgan fingerprint density at radius 3 is 2.27 bits per heavy atom. The van der Waals surface area contributed by atoms with Crippen LogP contribution in [0.5, 0.6) is 0 Å². The zero-order valence-electron chi connectivity index (χ0n) is 6.41. The molecule has 0 aromatic heterocycles. The molecule has 0 aliphatic heterocycles. The van der Waals surface area contributed by atoms with Gasteiger partial charge in [-0.1, -0.05) is 30.3 Å². The van der Waals surface area contributed by atoms with Gasteiger partial charge in [0.05, 0.1) is 0 Å². The van der Waals surface area contributed by atoms with Crippen LogP contribution in [0.3, 0.4) is 0 Å². The smallest absolute Gasteiger partial charge is 0.550 e. The van der Waals surface area contributed by atoms with Gasteiger partial charge in [-0.25, -0.2) is 0 Å². The van der Waals surface area contributed by atoms with Crippen molar-refractivity contribution in [3.05, 3.63) is 35.9 Å². The van der Waals surface area contributed by atoms with Gasteiger partial charge in [0.15, 0.2) is 0 Å². The molecule has 0 saturated carbocycles. The van der Waals surface area contributed by atoms with Crippen molar-refractivity contribution in [3.8, 4) is 0 Å². The first-order chi connectivity index (χ1) is 4.79. The van der Waals surface area contributed by atoms with Gasteiger partial charge in [-0.3, -0.25) is 0 Å². The van der Waals surface area contributed by atoms with E-state index >= 15 is 0 Å². The van der Waals surface area contributed by atoms with Crippen molar-refractivity contribution in [3.63, 3.8) is 0 Å². The second-order valence-electron chi connectivity index (χ2n) is 2.03. The molecule has 1 rings (SSSR count). The van der Waals surface area contributed by atoms with Crippen molar-refractivity contribution in [1.29, 1.82) is 0 Å². The maximum absolute atomic E-state index is 10.1. The largest absolute Gasteiger partial charge is 1.00 e. The summed E-state index contributed by atoms with van der Waals surface area (Å²) in [5.41, 5.74) is 0.780. The molecule has 0 aliphatic carbocycles. The normalized spacial score (nSPS) is 8.36. The number of aliphatic carboxylic acids is 1. The van der Waals surface area contributed by atoms with E-state index in [2.05, 4.69) is 0 Å². The van der Waals surface area contributed by atoms with Crippen LogP contribution < -0.4 is 24.0 Å². The summed E-state index contributed by atoms with van der Waals surface area (Å²) in [6, 6.07) is 8.97. The topological polar surface area (TPSA) is 40.1 Å². The van der Waals surface area contributed by atoms with E-state index < -0.39 is 5.97 Å². The van der Waals surface area contributed by atoms with Crippen LogP contribution in [0.25, 0.3) is 0 Å². The molecule has 0 spiro atoms. The monoisotopic (exact) mass is 142 g/mol. The minimum absolute atomic E-state index is 0. The molecule has 0 amide bonds. The predicted octanol–water partition coefficient (Wildman–Crippen LogP) is -3.02. The number of carbonyl (C=O) groups excluding carboxylic acids is 1. The summed E-state index contributed by atoms with van der Waals surface area (Å²) in [5.74, 6) is -1.04. The Morgan fingerprint density at radius 1 is 1.27 bits per heavy atom. The van der Waals surface area contributed by atoms with Gasteiger partial charge < -0.3 is 9.90 Å². The third kappa shape index (κ3) is 3.87. The molecule has 0 unspecified atom stereocenters. The first kappa shape index (κ1) is 10.3. The van der Waals surface area contributed by atoms with Gasteiger partial charge in [0, 0.05) is 12.4 Å². The minimum Gasteiger partial charge on any atom is -0.550 e. The summed E-state index contributed by atoms with van der Waals surface area (Å²) >= 11 is 0. The Kier molecular flexibility index (Phi) is 4.68. The van der Waals surface area contributed by atoms with Crippen molar-refractivity contribution in [2.24, 2.45) is 0 Å². The fourth-order valence-electron chi connectivity index (χ4n) is 0.763. The van der Waals surface area contributed by atoms with Gasteiger partial charge in [0.25, 0.3) is 0 Å². The maximum Gasteiger partial charge on any atom is 1.00 e. The van der Waals surface area contributed by atoms with E-state index in [9.17, 15) is 9.90 Å². The van der Waals surface area contributed by atoms with E-state index in [1.54, 1.807) is 24.3 Å². The van der Waals surface area contributed by atoms with Crippen LogP contribution in [0.4, 0.5) is 0 Å².